The molecule has 7 heteroatoms. The Morgan fingerprint density at radius 3 is 2.15 bits per heavy atom. The molecule has 0 radical (unpaired) electrons. The van der Waals surface area contributed by atoms with Gasteiger partial charge >= 0.3 is 5.97 Å². The molecule has 1 saturated heterocycles. The molecule has 7 nitrogen and oxygen atoms in total. The minimum Gasteiger partial charge on any atom is -0.493 e. The van der Waals surface area contributed by atoms with Gasteiger partial charge in [0.05, 0.1) is 21.3 Å². The summed E-state index contributed by atoms with van der Waals surface area (Å²) in [5.74, 6) is 1.02. The van der Waals surface area contributed by atoms with Gasteiger partial charge in [-0.2, -0.15) is 0 Å². The summed E-state index contributed by atoms with van der Waals surface area (Å²) in [5.41, 5.74) is 0.179. The van der Waals surface area contributed by atoms with E-state index in [1.165, 1.54) is 27.4 Å². The lowest BCUT2D eigenvalue weighted by molar-refractivity contribution is -0.137. The molecule has 1 fully saturated rings. The topological polar surface area (TPSA) is 74.3 Å². The van der Waals surface area contributed by atoms with Crippen molar-refractivity contribution >= 4 is 11.9 Å². The maximum absolute atomic E-state index is 12.4. The number of carbonyl (C=O) groups is 2. The summed E-state index contributed by atoms with van der Waals surface area (Å²) in [5, 5.41) is 0. The Bertz CT molecular complexity index is 650. The number of hydrogen-bond acceptors (Lipinski definition) is 6. The lowest BCUT2D eigenvalue weighted by atomic mass is 9.92. The zero-order chi connectivity index (χ0) is 19.3. The molecule has 0 aliphatic carbocycles. The van der Waals surface area contributed by atoms with Crippen LogP contribution in [-0.2, 0) is 9.53 Å². The summed E-state index contributed by atoms with van der Waals surface area (Å²) in [7, 11) is 4.38. The van der Waals surface area contributed by atoms with Crippen molar-refractivity contribution in [2.24, 2.45) is 11.8 Å². The Labute approximate surface area is 154 Å². The van der Waals surface area contributed by atoms with Crippen LogP contribution in [0.2, 0.25) is 0 Å². The Morgan fingerprint density at radius 2 is 1.62 bits per heavy atom. The number of amides is 1. The van der Waals surface area contributed by atoms with Crippen LogP contribution < -0.4 is 14.2 Å². The highest BCUT2D eigenvalue weighted by Crippen LogP contribution is 2.39. The van der Waals surface area contributed by atoms with E-state index in [-0.39, 0.29) is 23.8 Å². The van der Waals surface area contributed by atoms with Gasteiger partial charge < -0.3 is 23.8 Å². The Hall–Kier alpha value is -2.44. The second-order valence-electron chi connectivity index (χ2n) is 6.70. The minimum absolute atomic E-state index is 0.179. The van der Waals surface area contributed by atoms with Gasteiger partial charge in [-0.15, -0.1) is 0 Å². The average Bonchev–Trinajstić information content (AvgIpc) is 2.63. The van der Waals surface area contributed by atoms with Gasteiger partial charge in [-0.05, 0) is 30.4 Å². The molecule has 1 aromatic rings. The molecule has 0 N–H and O–H groups in total. The number of likely N-dealkylation sites (tertiary alicyclic amines) is 1. The van der Waals surface area contributed by atoms with E-state index in [4.69, 9.17) is 18.9 Å². The van der Waals surface area contributed by atoms with Crippen molar-refractivity contribution in [2.45, 2.75) is 20.3 Å². The molecule has 0 bridgehead atoms. The van der Waals surface area contributed by atoms with Gasteiger partial charge in [0.15, 0.2) is 18.1 Å². The third-order valence-corrected chi connectivity index (χ3v) is 4.47. The minimum atomic E-state index is -0.644. The number of carbonyl (C=O) groups excluding carboxylic acids is 2. The van der Waals surface area contributed by atoms with Crippen LogP contribution in [0, 0.1) is 11.8 Å². The molecular weight excluding hydrogens is 338 g/mol. The van der Waals surface area contributed by atoms with E-state index in [0.29, 0.717) is 36.4 Å². The molecule has 1 aliphatic heterocycles. The maximum Gasteiger partial charge on any atom is 0.342 e. The third kappa shape index (κ3) is 4.39. The summed E-state index contributed by atoms with van der Waals surface area (Å²) in [4.78, 5) is 26.6. The monoisotopic (exact) mass is 365 g/mol. The molecular formula is C19H27NO6. The summed E-state index contributed by atoms with van der Waals surface area (Å²) in [6.07, 6.45) is 1.10. The Kier molecular flexibility index (Phi) is 6.71. The predicted octanol–water partition coefficient (Wildman–Crippen LogP) is 2.37. The average molecular weight is 365 g/mol. The fourth-order valence-corrected chi connectivity index (χ4v) is 3.42. The fourth-order valence-electron chi connectivity index (χ4n) is 3.42. The van der Waals surface area contributed by atoms with Gasteiger partial charge in [0, 0.05) is 13.1 Å². The summed E-state index contributed by atoms with van der Waals surface area (Å²) in [6.45, 7) is 5.34. The third-order valence-electron chi connectivity index (χ3n) is 4.47. The van der Waals surface area contributed by atoms with Gasteiger partial charge in [0.2, 0.25) is 5.75 Å². The van der Waals surface area contributed by atoms with Crippen LogP contribution in [0.25, 0.3) is 0 Å². The fraction of sp³-hybridized carbons (Fsp3) is 0.579. The number of ether oxygens (including phenoxy) is 4. The SMILES string of the molecule is COc1ccc(C(=O)OCC(=O)N2C[C@H](C)C[C@H](C)C2)c(OC)c1OC. The standard InChI is InChI=1S/C19H27NO6/c1-12-8-13(2)10-20(9-12)16(21)11-26-19(22)14-6-7-15(23-3)18(25-5)17(14)24-4/h6-7,12-13H,8-11H2,1-5H3/t12-,13+. The molecule has 0 aromatic heterocycles. The number of esters is 1. The van der Waals surface area contributed by atoms with Crippen LogP contribution in [0.4, 0.5) is 0 Å². The van der Waals surface area contributed by atoms with Crippen LogP contribution in [0.1, 0.15) is 30.6 Å². The molecule has 2 rings (SSSR count). The molecule has 1 aliphatic rings. The highest BCUT2D eigenvalue weighted by molar-refractivity contribution is 5.95. The Balaban J connectivity index is 2.07. The van der Waals surface area contributed by atoms with Crippen LogP contribution in [0.15, 0.2) is 12.1 Å². The lowest BCUT2D eigenvalue weighted by Gasteiger charge is -2.34. The first-order valence-electron chi connectivity index (χ1n) is 8.65. The van der Waals surface area contributed by atoms with Crippen LogP contribution in [0.5, 0.6) is 17.2 Å². The van der Waals surface area contributed by atoms with E-state index in [1.807, 2.05) is 0 Å². The molecule has 1 amide bonds. The quantitative estimate of drug-likeness (QED) is 0.721. The molecule has 26 heavy (non-hydrogen) atoms. The van der Waals surface area contributed by atoms with E-state index in [9.17, 15) is 9.59 Å². The number of methoxy groups -OCH3 is 3. The molecule has 2 atom stereocenters. The highest BCUT2D eigenvalue weighted by Gasteiger charge is 2.27. The van der Waals surface area contributed by atoms with Crippen molar-refractivity contribution in [1.82, 2.24) is 4.90 Å². The number of rotatable bonds is 6. The van der Waals surface area contributed by atoms with Crippen molar-refractivity contribution in [3.63, 3.8) is 0 Å². The normalized spacial score (nSPS) is 19.7. The Morgan fingerprint density at radius 1 is 1.00 bits per heavy atom. The van der Waals surface area contributed by atoms with Crippen molar-refractivity contribution < 1.29 is 28.5 Å². The van der Waals surface area contributed by atoms with Gasteiger partial charge in [0.25, 0.3) is 5.91 Å². The van der Waals surface area contributed by atoms with Crippen molar-refractivity contribution in [1.29, 1.82) is 0 Å². The predicted molar refractivity (Wildman–Crippen MR) is 95.9 cm³/mol. The number of piperidine rings is 1. The highest BCUT2D eigenvalue weighted by atomic mass is 16.5. The molecule has 1 heterocycles. The van der Waals surface area contributed by atoms with Gasteiger partial charge in [-0.3, -0.25) is 4.79 Å². The van der Waals surface area contributed by atoms with Crippen molar-refractivity contribution in [3.05, 3.63) is 17.7 Å². The van der Waals surface area contributed by atoms with E-state index in [1.54, 1.807) is 11.0 Å². The van der Waals surface area contributed by atoms with Crippen molar-refractivity contribution in [3.8, 4) is 17.2 Å². The molecule has 144 valence electrons. The summed E-state index contributed by atoms with van der Waals surface area (Å²) >= 11 is 0. The summed E-state index contributed by atoms with van der Waals surface area (Å²) in [6, 6.07) is 3.12. The smallest absolute Gasteiger partial charge is 0.342 e. The van der Waals surface area contributed by atoms with E-state index in [2.05, 4.69) is 13.8 Å². The second kappa shape index (κ2) is 8.78. The largest absolute Gasteiger partial charge is 0.493 e. The zero-order valence-electron chi connectivity index (χ0n) is 16.0. The number of hydrogen-bond donors (Lipinski definition) is 0. The first-order chi connectivity index (χ1) is 12.4. The molecule has 1 aromatic carbocycles. The molecule has 0 spiro atoms. The van der Waals surface area contributed by atoms with E-state index in [0.717, 1.165) is 6.42 Å². The zero-order valence-corrected chi connectivity index (χ0v) is 16.0. The molecule has 0 unspecified atom stereocenters. The van der Waals surface area contributed by atoms with Gasteiger partial charge in [-0.25, -0.2) is 4.79 Å². The van der Waals surface area contributed by atoms with Crippen LogP contribution in [0.3, 0.4) is 0 Å². The molecule has 0 saturated carbocycles. The van der Waals surface area contributed by atoms with Crippen molar-refractivity contribution in [2.75, 3.05) is 41.0 Å². The summed E-state index contributed by atoms with van der Waals surface area (Å²) < 4.78 is 21.0. The van der Waals surface area contributed by atoms with Crippen LogP contribution in [-0.4, -0.2) is 57.8 Å². The maximum atomic E-state index is 12.4. The first-order valence-corrected chi connectivity index (χ1v) is 8.65. The lowest BCUT2D eigenvalue weighted by Crippen LogP contribution is -2.44. The van der Waals surface area contributed by atoms with E-state index < -0.39 is 5.97 Å². The van der Waals surface area contributed by atoms with Gasteiger partial charge in [0.1, 0.15) is 5.56 Å². The first kappa shape index (κ1) is 19.9. The van der Waals surface area contributed by atoms with Gasteiger partial charge in [-0.1, -0.05) is 13.8 Å². The van der Waals surface area contributed by atoms with E-state index >= 15 is 0 Å². The van der Waals surface area contributed by atoms with Crippen LogP contribution >= 0.6 is 0 Å². The number of nitrogens with zero attached hydrogens (tertiary/aromatic N) is 1. The second-order valence-corrected chi connectivity index (χ2v) is 6.70. The number of benzene rings is 1.